The fourth-order valence-electron chi connectivity index (χ4n) is 2.92. The van der Waals surface area contributed by atoms with Crippen LogP contribution in [-0.4, -0.2) is 34.8 Å². The van der Waals surface area contributed by atoms with Crippen LogP contribution in [0.3, 0.4) is 0 Å². The van der Waals surface area contributed by atoms with Gasteiger partial charge in [0.2, 0.25) is 0 Å². The Bertz CT molecular complexity index is 1030. The number of fused-ring (bicyclic) bond motifs is 1. The van der Waals surface area contributed by atoms with Crippen molar-refractivity contribution in [3.63, 3.8) is 0 Å². The number of aromatic nitrogens is 1. The van der Waals surface area contributed by atoms with Gasteiger partial charge in [-0.05, 0) is 32.0 Å². The van der Waals surface area contributed by atoms with Gasteiger partial charge in [0.15, 0.2) is 12.4 Å². The van der Waals surface area contributed by atoms with E-state index in [0.717, 1.165) is 16.8 Å². The fourth-order valence-corrected chi connectivity index (χ4v) is 2.92. The molecule has 0 N–H and O–H groups in total. The van der Waals surface area contributed by atoms with E-state index in [0.29, 0.717) is 11.4 Å². The number of Topliss-reactive ketones (excluding diaryl/α,β-unsaturated/α-hetero) is 1. The SMILES string of the molecule is Cc1cc(=O)n(C(C)C(=O)c2ccc3c(c2)N(C)C(=O)CO3)cc1[N+](=O)[O-]. The van der Waals surface area contributed by atoms with Crippen molar-refractivity contribution < 1.29 is 19.2 Å². The van der Waals surface area contributed by atoms with Crippen molar-refractivity contribution in [1.82, 2.24) is 4.57 Å². The van der Waals surface area contributed by atoms with Gasteiger partial charge in [0.25, 0.3) is 17.2 Å². The zero-order valence-electron chi connectivity index (χ0n) is 15.0. The summed E-state index contributed by atoms with van der Waals surface area (Å²) in [6.45, 7) is 2.88. The smallest absolute Gasteiger partial charge is 0.288 e. The standard InChI is InChI=1S/C18H17N3O6/c1-10-6-16(22)20(8-14(10)21(25)26)11(2)18(24)12-4-5-15-13(7-12)19(3)17(23)9-27-15/h4-8,11H,9H2,1-3H3. The first-order valence-electron chi connectivity index (χ1n) is 8.15. The van der Waals surface area contributed by atoms with E-state index in [9.17, 15) is 24.5 Å². The average Bonchev–Trinajstić information content (AvgIpc) is 2.63. The van der Waals surface area contributed by atoms with Crippen LogP contribution in [-0.2, 0) is 4.79 Å². The molecule has 1 unspecified atom stereocenters. The van der Waals surface area contributed by atoms with Crippen molar-refractivity contribution in [2.24, 2.45) is 0 Å². The molecule has 1 aromatic carbocycles. The number of pyridine rings is 1. The van der Waals surface area contributed by atoms with Crippen molar-refractivity contribution in [3.8, 4) is 5.75 Å². The number of rotatable bonds is 4. The molecule has 1 aliphatic heterocycles. The number of carbonyl (C=O) groups is 2. The van der Waals surface area contributed by atoms with Gasteiger partial charge in [-0.3, -0.25) is 29.1 Å². The van der Waals surface area contributed by atoms with E-state index in [1.165, 1.54) is 30.9 Å². The highest BCUT2D eigenvalue weighted by Crippen LogP contribution is 2.33. The molecule has 0 radical (unpaired) electrons. The third-order valence-electron chi connectivity index (χ3n) is 4.58. The van der Waals surface area contributed by atoms with E-state index < -0.39 is 22.3 Å². The Morgan fingerprint density at radius 1 is 1.30 bits per heavy atom. The molecule has 0 fully saturated rings. The lowest BCUT2D eigenvalue weighted by Crippen LogP contribution is -2.35. The molecule has 0 spiro atoms. The molecular formula is C18H17N3O6. The topological polar surface area (TPSA) is 112 Å². The van der Waals surface area contributed by atoms with Gasteiger partial charge in [0, 0.05) is 24.2 Å². The third kappa shape index (κ3) is 3.19. The number of carbonyl (C=O) groups excluding carboxylic acids is 2. The molecule has 1 aromatic heterocycles. The summed E-state index contributed by atoms with van der Waals surface area (Å²) in [5.41, 5.74) is 0.200. The van der Waals surface area contributed by atoms with E-state index in [1.807, 2.05) is 0 Å². The summed E-state index contributed by atoms with van der Waals surface area (Å²) in [6, 6.07) is 4.81. The molecule has 2 aromatic rings. The zero-order chi connectivity index (χ0) is 19.9. The Labute approximate surface area is 153 Å². The molecule has 3 rings (SSSR count). The van der Waals surface area contributed by atoms with Crippen LogP contribution in [0.15, 0.2) is 35.3 Å². The number of amides is 1. The van der Waals surface area contributed by atoms with E-state index >= 15 is 0 Å². The number of ketones is 1. The van der Waals surface area contributed by atoms with Crippen molar-refractivity contribution in [2.45, 2.75) is 19.9 Å². The van der Waals surface area contributed by atoms with Crippen LogP contribution < -0.4 is 15.2 Å². The maximum Gasteiger partial charge on any atom is 0.288 e. The van der Waals surface area contributed by atoms with Crippen molar-refractivity contribution in [1.29, 1.82) is 0 Å². The number of hydrogen-bond donors (Lipinski definition) is 0. The molecule has 9 heteroatoms. The van der Waals surface area contributed by atoms with Crippen molar-refractivity contribution in [2.75, 3.05) is 18.6 Å². The van der Waals surface area contributed by atoms with E-state index in [4.69, 9.17) is 4.74 Å². The van der Waals surface area contributed by atoms with Gasteiger partial charge in [0.1, 0.15) is 5.75 Å². The fraction of sp³-hybridized carbons (Fsp3) is 0.278. The summed E-state index contributed by atoms with van der Waals surface area (Å²) in [6.07, 6.45) is 1.08. The quantitative estimate of drug-likeness (QED) is 0.461. The lowest BCUT2D eigenvalue weighted by Gasteiger charge is -2.26. The normalized spacial score (nSPS) is 14.3. The molecular weight excluding hydrogens is 354 g/mol. The number of hydrogen-bond acceptors (Lipinski definition) is 6. The Balaban J connectivity index is 2.00. The maximum atomic E-state index is 12.9. The molecule has 9 nitrogen and oxygen atoms in total. The lowest BCUT2D eigenvalue weighted by atomic mass is 10.0. The first kappa shape index (κ1) is 18.3. The minimum Gasteiger partial charge on any atom is -0.482 e. The highest BCUT2D eigenvalue weighted by molar-refractivity contribution is 6.03. The van der Waals surface area contributed by atoms with Gasteiger partial charge in [-0.2, -0.15) is 0 Å². The van der Waals surface area contributed by atoms with Crippen LogP contribution in [0.2, 0.25) is 0 Å². The van der Waals surface area contributed by atoms with Crippen LogP contribution in [0.4, 0.5) is 11.4 Å². The number of anilines is 1. The molecule has 0 saturated carbocycles. The van der Waals surface area contributed by atoms with Crippen molar-refractivity contribution >= 4 is 23.1 Å². The summed E-state index contributed by atoms with van der Waals surface area (Å²) < 4.78 is 6.37. The summed E-state index contributed by atoms with van der Waals surface area (Å²) in [4.78, 5) is 48.8. The van der Waals surface area contributed by atoms with E-state index in [2.05, 4.69) is 0 Å². The number of nitro groups is 1. The number of benzene rings is 1. The summed E-state index contributed by atoms with van der Waals surface area (Å²) in [5, 5.41) is 11.1. The van der Waals surface area contributed by atoms with Gasteiger partial charge < -0.3 is 9.64 Å². The second-order valence-corrected chi connectivity index (χ2v) is 6.31. The van der Waals surface area contributed by atoms with Gasteiger partial charge in [0.05, 0.1) is 22.8 Å². The highest BCUT2D eigenvalue weighted by Gasteiger charge is 2.26. The van der Waals surface area contributed by atoms with Gasteiger partial charge in [-0.1, -0.05) is 0 Å². The second-order valence-electron chi connectivity index (χ2n) is 6.31. The number of likely N-dealkylation sites (N-methyl/N-ethyl adjacent to an activating group) is 1. The first-order chi connectivity index (χ1) is 12.7. The predicted octanol–water partition coefficient (Wildman–Crippen LogP) is 1.86. The first-order valence-corrected chi connectivity index (χ1v) is 8.15. The second kappa shape index (κ2) is 6.67. The summed E-state index contributed by atoms with van der Waals surface area (Å²) in [5.74, 6) is -0.181. The summed E-state index contributed by atoms with van der Waals surface area (Å²) in [7, 11) is 1.58. The molecule has 0 saturated heterocycles. The Morgan fingerprint density at radius 3 is 2.67 bits per heavy atom. The molecule has 1 atom stereocenters. The predicted molar refractivity (Wildman–Crippen MR) is 96.5 cm³/mol. The monoisotopic (exact) mass is 371 g/mol. The maximum absolute atomic E-state index is 12.9. The van der Waals surface area contributed by atoms with Gasteiger partial charge >= 0.3 is 0 Å². The number of nitrogens with zero attached hydrogens (tertiary/aromatic N) is 3. The Kier molecular flexibility index (Phi) is 4.52. The van der Waals surface area contributed by atoms with Gasteiger partial charge in [-0.25, -0.2) is 0 Å². The molecule has 0 aliphatic carbocycles. The largest absolute Gasteiger partial charge is 0.482 e. The Hall–Kier alpha value is -3.49. The zero-order valence-corrected chi connectivity index (χ0v) is 15.0. The molecule has 1 aliphatic rings. The van der Waals surface area contributed by atoms with Crippen LogP contribution >= 0.6 is 0 Å². The number of aryl methyl sites for hydroxylation is 1. The minimum atomic E-state index is -0.958. The minimum absolute atomic E-state index is 0.0738. The van der Waals surface area contributed by atoms with Crippen LogP contribution in [0, 0.1) is 17.0 Å². The van der Waals surface area contributed by atoms with Crippen LogP contribution in [0.5, 0.6) is 5.75 Å². The van der Waals surface area contributed by atoms with E-state index in [-0.39, 0.29) is 29.3 Å². The average molecular weight is 371 g/mol. The summed E-state index contributed by atoms with van der Waals surface area (Å²) >= 11 is 0. The molecule has 140 valence electrons. The Morgan fingerprint density at radius 2 is 2.00 bits per heavy atom. The van der Waals surface area contributed by atoms with Crippen LogP contribution in [0.1, 0.15) is 28.9 Å². The van der Waals surface area contributed by atoms with Crippen LogP contribution in [0.25, 0.3) is 0 Å². The number of ether oxygens (including phenoxy) is 1. The highest BCUT2D eigenvalue weighted by atomic mass is 16.6. The molecule has 2 heterocycles. The lowest BCUT2D eigenvalue weighted by molar-refractivity contribution is -0.386. The third-order valence-corrected chi connectivity index (χ3v) is 4.58. The molecule has 0 bridgehead atoms. The van der Waals surface area contributed by atoms with Gasteiger partial charge in [-0.15, -0.1) is 0 Å². The van der Waals surface area contributed by atoms with Crippen molar-refractivity contribution in [3.05, 3.63) is 62.1 Å². The molecule has 1 amide bonds. The van der Waals surface area contributed by atoms with E-state index in [1.54, 1.807) is 13.1 Å². The molecule has 27 heavy (non-hydrogen) atoms.